The molecule has 196 valence electrons. The zero-order chi connectivity index (χ0) is 27.7. The maximum Gasteiger partial charge on any atom is 0.332 e. The van der Waals surface area contributed by atoms with Crippen LogP contribution in [0.1, 0.15) is 25.5 Å². The fourth-order valence-electron chi connectivity index (χ4n) is 5.29. The van der Waals surface area contributed by atoms with Gasteiger partial charge in [0.1, 0.15) is 0 Å². The molecule has 0 radical (unpaired) electrons. The maximum absolute atomic E-state index is 13.3. The van der Waals surface area contributed by atoms with E-state index < -0.39 is 11.8 Å². The standard InChI is InChI=1S/C28H22N2O2.C5H8O2/c1-18(19-6-3-2-4-7-19)29-16-17-30(28(32)27(29)31)24-15-13-22-11-10-20-8-5-9-21-12-14-23(24)26(22)25(20)21;1-4(2)5(6)7-3/h2-15,18H,16-17H2,1H3;1H2,2-3H3. The number of ether oxygens (including phenoxy) is 1. The molecule has 6 nitrogen and oxygen atoms in total. The molecular formula is C33H30N2O4. The third-order valence-corrected chi connectivity index (χ3v) is 7.33. The Morgan fingerprint density at radius 1 is 0.795 bits per heavy atom. The summed E-state index contributed by atoms with van der Waals surface area (Å²) in [6.07, 6.45) is 0. The van der Waals surface area contributed by atoms with Crippen molar-refractivity contribution in [3.63, 3.8) is 0 Å². The Morgan fingerprint density at radius 3 is 2.03 bits per heavy atom. The number of rotatable bonds is 4. The summed E-state index contributed by atoms with van der Waals surface area (Å²) in [5.41, 5.74) is 2.27. The lowest BCUT2D eigenvalue weighted by molar-refractivity contribution is -0.147. The molecule has 5 aromatic carbocycles. The van der Waals surface area contributed by atoms with Crippen LogP contribution in [0.15, 0.2) is 97.1 Å². The quantitative estimate of drug-likeness (QED) is 0.122. The van der Waals surface area contributed by atoms with E-state index in [1.54, 1.807) is 16.7 Å². The van der Waals surface area contributed by atoms with Crippen molar-refractivity contribution in [1.82, 2.24) is 4.90 Å². The van der Waals surface area contributed by atoms with Crippen LogP contribution in [0.4, 0.5) is 5.69 Å². The molecule has 1 unspecified atom stereocenters. The highest BCUT2D eigenvalue weighted by Crippen LogP contribution is 2.39. The Hall–Kier alpha value is -4.71. The van der Waals surface area contributed by atoms with E-state index in [0.29, 0.717) is 18.7 Å². The average molecular weight is 519 g/mol. The lowest BCUT2D eigenvalue weighted by Gasteiger charge is -2.37. The number of hydrogen-bond acceptors (Lipinski definition) is 4. The van der Waals surface area contributed by atoms with E-state index >= 15 is 0 Å². The van der Waals surface area contributed by atoms with Crippen molar-refractivity contribution in [3.8, 4) is 0 Å². The van der Waals surface area contributed by atoms with Crippen LogP contribution in [-0.2, 0) is 19.1 Å². The average Bonchev–Trinajstić information content (AvgIpc) is 2.97. The second-order valence-electron chi connectivity index (χ2n) is 9.75. The van der Waals surface area contributed by atoms with Gasteiger partial charge < -0.3 is 14.5 Å². The summed E-state index contributed by atoms with van der Waals surface area (Å²) in [6, 6.07) is 28.5. The monoisotopic (exact) mass is 518 g/mol. The van der Waals surface area contributed by atoms with Crippen LogP contribution >= 0.6 is 0 Å². The number of amides is 2. The number of anilines is 1. The SMILES string of the molecule is C=C(C)C(=O)OC.CC(c1ccccc1)N1CCN(c2ccc3ccc4cccc5ccc2c3c45)C(=O)C1=O. The minimum Gasteiger partial charge on any atom is -0.466 e. The Bertz CT molecular complexity index is 1690. The number of esters is 1. The fraction of sp³-hybridized carbons (Fsp3) is 0.182. The third-order valence-electron chi connectivity index (χ3n) is 7.33. The summed E-state index contributed by atoms with van der Waals surface area (Å²) >= 11 is 0. The van der Waals surface area contributed by atoms with Gasteiger partial charge in [-0.05, 0) is 52.4 Å². The Kier molecular flexibility index (Phi) is 7.03. The van der Waals surface area contributed by atoms with Crippen molar-refractivity contribution in [2.45, 2.75) is 19.9 Å². The van der Waals surface area contributed by atoms with Crippen molar-refractivity contribution >= 4 is 55.8 Å². The minimum absolute atomic E-state index is 0.142. The first-order valence-corrected chi connectivity index (χ1v) is 12.9. The molecule has 6 heteroatoms. The number of carbonyl (C=O) groups is 3. The molecule has 1 atom stereocenters. The molecule has 1 saturated heterocycles. The van der Waals surface area contributed by atoms with Crippen LogP contribution in [0.3, 0.4) is 0 Å². The number of carbonyl (C=O) groups excluding carboxylic acids is 3. The fourth-order valence-corrected chi connectivity index (χ4v) is 5.29. The van der Waals surface area contributed by atoms with Crippen LogP contribution in [0.2, 0.25) is 0 Å². The highest BCUT2D eigenvalue weighted by molar-refractivity contribution is 6.42. The van der Waals surface area contributed by atoms with Crippen molar-refractivity contribution in [3.05, 3.63) is 103 Å². The van der Waals surface area contributed by atoms with E-state index in [9.17, 15) is 14.4 Å². The van der Waals surface area contributed by atoms with Gasteiger partial charge in [0.15, 0.2) is 0 Å². The summed E-state index contributed by atoms with van der Waals surface area (Å²) in [4.78, 5) is 39.9. The molecular weight excluding hydrogens is 488 g/mol. The molecule has 0 aromatic heterocycles. The molecule has 0 saturated carbocycles. The lowest BCUT2D eigenvalue weighted by Crippen LogP contribution is -2.55. The summed E-state index contributed by atoms with van der Waals surface area (Å²) in [7, 11) is 1.33. The van der Waals surface area contributed by atoms with Crippen molar-refractivity contribution in [1.29, 1.82) is 0 Å². The number of nitrogens with zero attached hydrogens (tertiary/aromatic N) is 2. The molecule has 39 heavy (non-hydrogen) atoms. The predicted octanol–water partition coefficient (Wildman–Crippen LogP) is 6.26. The Morgan fingerprint density at radius 2 is 1.41 bits per heavy atom. The minimum atomic E-state index is -0.464. The van der Waals surface area contributed by atoms with E-state index in [1.165, 1.54) is 23.3 Å². The molecule has 0 spiro atoms. The second kappa shape index (κ2) is 10.6. The number of benzene rings is 5. The van der Waals surface area contributed by atoms with Crippen LogP contribution in [-0.4, -0.2) is 42.9 Å². The molecule has 0 N–H and O–H groups in total. The van der Waals surface area contributed by atoms with Crippen molar-refractivity contribution in [2.24, 2.45) is 0 Å². The number of hydrogen-bond donors (Lipinski definition) is 0. The molecule has 1 fully saturated rings. The van der Waals surface area contributed by atoms with Gasteiger partial charge in [0.25, 0.3) is 0 Å². The van der Waals surface area contributed by atoms with Gasteiger partial charge in [-0.25, -0.2) is 4.79 Å². The van der Waals surface area contributed by atoms with Crippen molar-refractivity contribution < 1.29 is 19.1 Å². The van der Waals surface area contributed by atoms with E-state index in [-0.39, 0.29) is 12.0 Å². The second-order valence-corrected chi connectivity index (χ2v) is 9.75. The van der Waals surface area contributed by atoms with Gasteiger partial charge in [0.05, 0.1) is 18.8 Å². The van der Waals surface area contributed by atoms with Gasteiger partial charge in [-0.2, -0.15) is 0 Å². The van der Waals surface area contributed by atoms with E-state index in [4.69, 9.17) is 0 Å². The van der Waals surface area contributed by atoms with Gasteiger partial charge in [0.2, 0.25) is 0 Å². The first-order chi connectivity index (χ1) is 18.8. The summed E-state index contributed by atoms with van der Waals surface area (Å²) in [6.45, 7) is 7.91. The molecule has 0 aliphatic carbocycles. The predicted molar refractivity (Wildman–Crippen MR) is 156 cm³/mol. The summed E-state index contributed by atoms with van der Waals surface area (Å²) in [5, 5.41) is 6.88. The van der Waals surface area contributed by atoms with Gasteiger partial charge in [-0.3, -0.25) is 9.59 Å². The largest absolute Gasteiger partial charge is 0.466 e. The maximum atomic E-state index is 13.3. The van der Waals surface area contributed by atoms with Crippen molar-refractivity contribution in [2.75, 3.05) is 25.1 Å². The van der Waals surface area contributed by atoms with Crippen LogP contribution in [0.5, 0.6) is 0 Å². The third kappa shape index (κ3) is 4.70. The van der Waals surface area contributed by atoms with E-state index in [0.717, 1.165) is 27.4 Å². The van der Waals surface area contributed by atoms with E-state index in [1.807, 2.05) is 43.3 Å². The van der Waals surface area contributed by atoms with Crippen LogP contribution < -0.4 is 4.90 Å². The molecule has 5 aromatic rings. The summed E-state index contributed by atoms with van der Waals surface area (Å²) < 4.78 is 4.27. The normalized spacial score (nSPS) is 14.4. The summed E-state index contributed by atoms with van der Waals surface area (Å²) in [5.74, 6) is -1.26. The Balaban J connectivity index is 0.000000392. The van der Waals surface area contributed by atoms with Gasteiger partial charge in [-0.15, -0.1) is 0 Å². The van der Waals surface area contributed by atoms with Gasteiger partial charge in [0, 0.05) is 24.0 Å². The highest BCUT2D eigenvalue weighted by atomic mass is 16.5. The van der Waals surface area contributed by atoms with Gasteiger partial charge in [-0.1, -0.05) is 85.4 Å². The first-order valence-electron chi connectivity index (χ1n) is 12.9. The van der Waals surface area contributed by atoms with E-state index in [2.05, 4.69) is 59.8 Å². The molecule has 1 aliphatic heterocycles. The molecule has 0 bridgehead atoms. The molecule has 1 aliphatic rings. The smallest absolute Gasteiger partial charge is 0.332 e. The topological polar surface area (TPSA) is 66.9 Å². The lowest BCUT2D eigenvalue weighted by atomic mass is 9.93. The molecule has 2 amide bonds. The molecule has 1 heterocycles. The Labute approximate surface area is 227 Å². The first kappa shape index (κ1) is 25.9. The van der Waals surface area contributed by atoms with Gasteiger partial charge >= 0.3 is 17.8 Å². The number of piperazine rings is 1. The van der Waals surface area contributed by atoms with Crippen LogP contribution in [0, 0.1) is 0 Å². The molecule has 6 rings (SSSR count). The zero-order valence-electron chi connectivity index (χ0n) is 22.3. The number of methoxy groups -OCH3 is 1. The zero-order valence-corrected chi connectivity index (χ0v) is 22.3. The highest BCUT2D eigenvalue weighted by Gasteiger charge is 2.36. The van der Waals surface area contributed by atoms with Crippen LogP contribution in [0.25, 0.3) is 32.3 Å².